The molecule has 1 aromatic rings. The Labute approximate surface area is 90.7 Å². The van der Waals surface area contributed by atoms with E-state index < -0.39 is 0 Å². The quantitative estimate of drug-likeness (QED) is 0.820. The summed E-state index contributed by atoms with van der Waals surface area (Å²) in [5.74, 6) is 0.793. The normalized spacial score (nSPS) is 11.9. The van der Waals surface area contributed by atoms with Gasteiger partial charge in [-0.1, -0.05) is 11.6 Å². The molecule has 0 saturated heterocycles. The Kier molecular flexibility index (Phi) is 3.70. The average Bonchev–Trinajstić information content (AvgIpc) is 2.19. The molecule has 0 fully saturated rings. The van der Waals surface area contributed by atoms with Crippen molar-refractivity contribution in [3.8, 4) is 11.8 Å². The number of benzene rings is 1. The lowest BCUT2D eigenvalue weighted by molar-refractivity contribution is 0.403. The van der Waals surface area contributed by atoms with Gasteiger partial charge in [-0.05, 0) is 32.5 Å². The third kappa shape index (κ3) is 2.28. The van der Waals surface area contributed by atoms with Crippen molar-refractivity contribution >= 4 is 0 Å². The first-order valence-corrected chi connectivity index (χ1v) is 4.86. The molecule has 0 radical (unpaired) electrons. The highest BCUT2D eigenvalue weighted by molar-refractivity contribution is 5.47. The molecule has 1 N–H and O–H groups in total. The summed E-state index contributed by atoms with van der Waals surface area (Å²) in [7, 11) is 3.40. The average molecular weight is 204 g/mol. The van der Waals surface area contributed by atoms with Crippen LogP contribution in [0, 0.1) is 25.2 Å². The Balaban J connectivity index is 3.32. The fourth-order valence-corrected chi connectivity index (χ4v) is 1.77. The van der Waals surface area contributed by atoms with Crippen LogP contribution in [0.15, 0.2) is 12.1 Å². The van der Waals surface area contributed by atoms with Crippen LogP contribution in [0.3, 0.4) is 0 Å². The van der Waals surface area contributed by atoms with Crippen LogP contribution >= 0.6 is 0 Å². The van der Waals surface area contributed by atoms with Crippen molar-refractivity contribution in [1.29, 1.82) is 5.26 Å². The van der Waals surface area contributed by atoms with Crippen LogP contribution in [0.4, 0.5) is 0 Å². The Morgan fingerprint density at radius 2 is 2.07 bits per heavy atom. The summed E-state index contributed by atoms with van der Waals surface area (Å²) < 4.78 is 5.32. The SMILES string of the molecule is CNC(C#N)c1cc(C)cc(C)c1OC. The van der Waals surface area contributed by atoms with E-state index in [9.17, 15) is 0 Å². The van der Waals surface area contributed by atoms with Crippen LogP contribution < -0.4 is 10.1 Å². The molecule has 1 aromatic carbocycles. The van der Waals surface area contributed by atoms with Gasteiger partial charge in [-0.15, -0.1) is 0 Å². The number of nitriles is 1. The van der Waals surface area contributed by atoms with Gasteiger partial charge >= 0.3 is 0 Å². The number of nitrogens with zero attached hydrogens (tertiary/aromatic N) is 1. The van der Waals surface area contributed by atoms with Crippen molar-refractivity contribution in [2.45, 2.75) is 19.9 Å². The molecule has 0 aliphatic carbocycles. The van der Waals surface area contributed by atoms with E-state index in [2.05, 4.69) is 11.4 Å². The largest absolute Gasteiger partial charge is 0.496 e. The molecule has 0 bridgehead atoms. The monoisotopic (exact) mass is 204 g/mol. The maximum atomic E-state index is 9.01. The maximum Gasteiger partial charge on any atom is 0.127 e. The van der Waals surface area contributed by atoms with E-state index >= 15 is 0 Å². The van der Waals surface area contributed by atoms with Crippen molar-refractivity contribution in [3.63, 3.8) is 0 Å². The number of aryl methyl sites for hydroxylation is 2. The number of ether oxygens (including phenoxy) is 1. The molecule has 0 spiro atoms. The minimum Gasteiger partial charge on any atom is -0.496 e. The summed E-state index contributed by atoms with van der Waals surface area (Å²) in [6.45, 7) is 4.00. The third-order valence-electron chi connectivity index (χ3n) is 2.38. The molecule has 0 aromatic heterocycles. The molecule has 0 aliphatic rings. The zero-order chi connectivity index (χ0) is 11.4. The Morgan fingerprint density at radius 3 is 2.53 bits per heavy atom. The summed E-state index contributed by atoms with van der Waals surface area (Å²) in [6.07, 6.45) is 0. The fourth-order valence-electron chi connectivity index (χ4n) is 1.77. The lowest BCUT2D eigenvalue weighted by Crippen LogP contribution is -2.15. The molecular formula is C12H16N2O. The van der Waals surface area contributed by atoms with Crippen molar-refractivity contribution < 1.29 is 4.74 Å². The van der Waals surface area contributed by atoms with Crippen molar-refractivity contribution in [2.24, 2.45) is 0 Å². The van der Waals surface area contributed by atoms with Gasteiger partial charge in [0.2, 0.25) is 0 Å². The summed E-state index contributed by atoms with van der Waals surface area (Å²) >= 11 is 0. The van der Waals surface area contributed by atoms with E-state index in [0.717, 1.165) is 22.4 Å². The van der Waals surface area contributed by atoms with Crippen LogP contribution in [-0.2, 0) is 0 Å². The van der Waals surface area contributed by atoms with E-state index in [4.69, 9.17) is 10.00 Å². The second-order valence-electron chi connectivity index (χ2n) is 3.56. The zero-order valence-electron chi connectivity index (χ0n) is 9.59. The molecule has 80 valence electrons. The molecular weight excluding hydrogens is 188 g/mol. The summed E-state index contributed by atoms with van der Waals surface area (Å²) in [4.78, 5) is 0. The van der Waals surface area contributed by atoms with Crippen molar-refractivity contribution in [3.05, 3.63) is 28.8 Å². The van der Waals surface area contributed by atoms with Crippen molar-refractivity contribution in [2.75, 3.05) is 14.2 Å². The van der Waals surface area contributed by atoms with Crippen molar-refractivity contribution in [1.82, 2.24) is 5.32 Å². The highest BCUT2D eigenvalue weighted by atomic mass is 16.5. The molecule has 1 atom stereocenters. The van der Waals surface area contributed by atoms with Crippen LogP contribution in [0.2, 0.25) is 0 Å². The minimum absolute atomic E-state index is 0.321. The number of hydrogen-bond acceptors (Lipinski definition) is 3. The van der Waals surface area contributed by atoms with E-state index in [0.29, 0.717) is 0 Å². The topological polar surface area (TPSA) is 45.0 Å². The predicted octanol–water partition coefficient (Wildman–Crippen LogP) is 2.10. The van der Waals surface area contributed by atoms with E-state index in [1.807, 2.05) is 26.0 Å². The molecule has 1 rings (SSSR count). The second kappa shape index (κ2) is 4.81. The molecule has 0 amide bonds. The smallest absolute Gasteiger partial charge is 0.127 e. The molecule has 15 heavy (non-hydrogen) atoms. The van der Waals surface area contributed by atoms with Gasteiger partial charge in [-0.2, -0.15) is 5.26 Å². The first kappa shape index (κ1) is 11.5. The van der Waals surface area contributed by atoms with Gasteiger partial charge in [-0.3, -0.25) is 0 Å². The fraction of sp³-hybridized carbons (Fsp3) is 0.417. The zero-order valence-corrected chi connectivity index (χ0v) is 9.59. The first-order chi connectivity index (χ1) is 7.13. The molecule has 0 heterocycles. The molecule has 0 aliphatic heterocycles. The first-order valence-electron chi connectivity index (χ1n) is 4.86. The van der Waals surface area contributed by atoms with Crippen LogP contribution in [0.1, 0.15) is 22.7 Å². The van der Waals surface area contributed by atoms with Crippen LogP contribution in [-0.4, -0.2) is 14.2 Å². The standard InChI is InChI=1S/C12H16N2O/c1-8-5-9(2)12(15-4)10(6-8)11(7-13)14-3/h5-6,11,14H,1-4H3. The van der Waals surface area contributed by atoms with Crippen LogP contribution in [0.5, 0.6) is 5.75 Å². The predicted molar refractivity (Wildman–Crippen MR) is 59.9 cm³/mol. The maximum absolute atomic E-state index is 9.01. The lowest BCUT2D eigenvalue weighted by atomic mass is 10.0. The van der Waals surface area contributed by atoms with Gasteiger partial charge in [0.25, 0.3) is 0 Å². The number of nitrogens with one attached hydrogen (secondary N) is 1. The van der Waals surface area contributed by atoms with E-state index in [-0.39, 0.29) is 6.04 Å². The summed E-state index contributed by atoms with van der Waals surface area (Å²) in [5, 5.41) is 12.0. The van der Waals surface area contributed by atoms with Gasteiger partial charge in [0.15, 0.2) is 0 Å². The third-order valence-corrected chi connectivity index (χ3v) is 2.38. The van der Waals surface area contributed by atoms with Gasteiger partial charge in [0, 0.05) is 5.56 Å². The number of hydrogen-bond donors (Lipinski definition) is 1. The highest BCUT2D eigenvalue weighted by Crippen LogP contribution is 2.29. The van der Waals surface area contributed by atoms with Gasteiger partial charge in [0.1, 0.15) is 11.8 Å². The molecule has 1 unspecified atom stereocenters. The van der Waals surface area contributed by atoms with Crippen LogP contribution in [0.25, 0.3) is 0 Å². The van der Waals surface area contributed by atoms with Gasteiger partial charge in [0.05, 0.1) is 13.2 Å². The summed E-state index contributed by atoms with van der Waals surface area (Å²) in [6, 6.07) is 5.92. The second-order valence-corrected chi connectivity index (χ2v) is 3.56. The molecule has 0 saturated carbocycles. The minimum atomic E-state index is -0.321. The number of rotatable bonds is 3. The Morgan fingerprint density at radius 1 is 1.40 bits per heavy atom. The van der Waals surface area contributed by atoms with E-state index in [1.54, 1.807) is 14.2 Å². The Hall–Kier alpha value is -1.53. The summed E-state index contributed by atoms with van der Waals surface area (Å²) in [5.41, 5.74) is 3.10. The van der Waals surface area contributed by atoms with E-state index in [1.165, 1.54) is 0 Å². The Bertz CT molecular complexity index is 393. The van der Waals surface area contributed by atoms with Gasteiger partial charge in [-0.25, -0.2) is 0 Å². The number of methoxy groups -OCH3 is 1. The highest BCUT2D eigenvalue weighted by Gasteiger charge is 2.15. The van der Waals surface area contributed by atoms with Gasteiger partial charge < -0.3 is 10.1 Å². The molecule has 3 nitrogen and oxygen atoms in total. The molecule has 3 heteroatoms. The lowest BCUT2D eigenvalue weighted by Gasteiger charge is -2.16.